The first-order chi connectivity index (χ1) is 11.6. The maximum atomic E-state index is 11.9. The first-order valence-electron chi connectivity index (χ1n) is 8.78. The molecule has 1 aliphatic rings. The van der Waals surface area contributed by atoms with Crippen LogP contribution in [0.1, 0.15) is 44.6 Å². The summed E-state index contributed by atoms with van der Waals surface area (Å²) in [5.74, 6) is 0.848. The summed E-state index contributed by atoms with van der Waals surface area (Å²) in [6.07, 6.45) is 5.88. The minimum Gasteiger partial charge on any atom is -0.497 e. The second-order valence-corrected chi connectivity index (χ2v) is 6.55. The number of hydrogen-bond donors (Lipinski definition) is 2. The molecule has 0 heterocycles. The van der Waals surface area contributed by atoms with Gasteiger partial charge < -0.3 is 15.4 Å². The molecule has 1 aromatic carbocycles. The third-order valence-corrected chi connectivity index (χ3v) is 4.58. The van der Waals surface area contributed by atoms with Crippen LogP contribution in [-0.2, 0) is 16.0 Å². The Morgan fingerprint density at radius 1 is 1.21 bits per heavy atom. The molecular weight excluding hydrogens is 304 g/mol. The summed E-state index contributed by atoms with van der Waals surface area (Å²) in [6.45, 7) is 2.06. The molecule has 132 valence electrons. The SMILES string of the molecule is COc1ccc(CC[C@H](C)NC(=O)CNC(=O)C2CCCC2)cc1. The molecule has 1 saturated carbocycles. The van der Waals surface area contributed by atoms with Crippen molar-refractivity contribution in [2.45, 2.75) is 51.5 Å². The van der Waals surface area contributed by atoms with Gasteiger partial charge in [0.05, 0.1) is 13.7 Å². The number of hydrogen-bond acceptors (Lipinski definition) is 3. The van der Waals surface area contributed by atoms with E-state index in [-0.39, 0.29) is 30.3 Å². The maximum Gasteiger partial charge on any atom is 0.239 e. The third-order valence-electron chi connectivity index (χ3n) is 4.58. The molecule has 2 N–H and O–H groups in total. The number of amides is 2. The fourth-order valence-electron chi connectivity index (χ4n) is 3.07. The average molecular weight is 332 g/mol. The Balaban J connectivity index is 1.64. The van der Waals surface area contributed by atoms with Gasteiger partial charge in [-0.2, -0.15) is 0 Å². The predicted molar refractivity (Wildman–Crippen MR) is 93.9 cm³/mol. The van der Waals surface area contributed by atoms with Crippen LogP contribution in [0, 0.1) is 5.92 Å². The molecule has 0 unspecified atom stereocenters. The van der Waals surface area contributed by atoms with E-state index in [1.54, 1.807) is 7.11 Å². The molecule has 0 aliphatic heterocycles. The van der Waals surface area contributed by atoms with Crippen LogP contribution in [0.2, 0.25) is 0 Å². The zero-order valence-electron chi connectivity index (χ0n) is 14.6. The monoisotopic (exact) mass is 332 g/mol. The molecule has 2 amide bonds. The van der Waals surface area contributed by atoms with E-state index in [2.05, 4.69) is 10.6 Å². The smallest absolute Gasteiger partial charge is 0.239 e. The predicted octanol–water partition coefficient (Wildman–Crippen LogP) is 2.44. The summed E-state index contributed by atoms with van der Waals surface area (Å²) in [6, 6.07) is 8.03. The van der Waals surface area contributed by atoms with Gasteiger partial charge in [0.2, 0.25) is 11.8 Å². The second-order valence-electron chi connectivity index (χ2n) is 6.55. The van der Waals surface area contributed by atoms with Crippen molar-refractivity contribution in [2.75, 3.05) is 13.7 Å². The summed E-state index contributed by atoms with van der Waals surface area (Å²) >= 11 is 0. The minimum absolute atomic E-state index is 0.0218. The first-order valence-corrected chi connectivity index (χ1v) is 8.78. The van der Waals surface area contributed by atoms with Gasteiger partial charge in [-0.15, -0.1) is 0 Å². The van der Waals surface area contributed by atoms with Gasteiger partial charge in [0, 0.05) is 12.0 Å². The van der Waals surface area contributed by atoms with Crippen LogP contribution in [0.25, 0.3) is 0 Å². The lowest BCUT2D eigenvalue weighted by atomic mass is 10.1. The van der Waals surface area contributed by atoms with Gasteiger partial charge in [0.1, 0.15) is 5.75 Å². The van der Waals surface area contributed by atoms with Crippen molar-refractivity contribution in [3.63, 3.8) is 0 Å². The molecule has 1 aliphatic carbocycles. The van der Waals surface area contributed by atoms with E-state index in [9.17, 15) is 9.59 Å². The zero-order chi connectivity index (χ0) is 17.4. The molecule has 5 nitrogen and oxygen atoms in total. The molecule has 5 heteroatoms. The van der Waals surface area contributed by atoms with E-state index in [4.69, 9.17) is 4.74 Å². The van der Waals surface area contributed by atoms with Crippen LogP contribution in [0.5, 0.6) is 5.75 Å². The quantitative estimate of drug-likeness (QED) is 0.768. The summed E-state index contributed by atoms with van der Waals surface area (Å²) in [4.78, 5) is 23.8. The third kappa shape index (κ3) is 5.87. The maximum absolute atomic E-state index is 11.9. The molecule has 0 radical (unpaired) electrons. The van der Waals surface area contributed by atoms with Gasteiger partial charge in [0.25, 0.3) is 0 Å². The Hall–Kier alpha value is -2.04. The lowest BCUT2D eigenvalue weighted by Crippen LogP contribution is -2.42. The van der Waals surface area contributed by atoms with Gasteiger partial charge >= 0.3 is 0 Å². The Morgan fingerprint density at radius 3 is 2.50 bits per heavy atom. The summed E-state index contributed by atoms with van der Waals surface area (Å²) in [5, 5.41) is 5.69. The average Bonchev–Trinajstić information content (AvgIpc) is 3.13. The van der Waals surface area contributed by atoms with Gasteiger partial charge in [-0.3, -0.25) is 9.59 Å². The highest BCUT2D eigenvalue weighted by molar-refractivity contribution is 5.86. The lowest BCUT2D eigenvalue weighted by molar-refractivity contribution is -0.128. The molecule has 1 fully saturated rings. The van der Waals surface area contributed by atoms with Crippen molar-refractivity contribution in [3.05, 3.63) is 29.8 Å². The van der Waals surface area contributed by atoms with Gasteiger partial charge in [0.15, 0.2) is 0 Å². The minimum atomic E-state index is -0.122. The fourth-order valence-corrected chi connectivity index (χ4v) is 3.07. The van der Waals surface area contributed by atoms with Gasteiger partial charge in [-0.25, -0.2) is 0 Å². The number of methoxy groups -OCH3 is 1. The Morgan fingerprint density at radius 2 is 1.88 bits per heavy atom. The van der Waals surface area contributed by atoms with E-state index < -0.39 is 0 Å². The highest BCUT2D eigenvalue weighted by atomic mass is 16.5. The summed E-state index contributed by atoms with van der Waals surface area (Å²) < 4.78 is 5.14. The molecule has 0 aromatic heterocycles. The molecule has 1 aromatic rings. The molecule has 2 rings (SSSR count). The molecular formula is C19H28N2O3. The van der Waals surface area contributed by atoms with Crippen LogP contribution in [-0.4, -0.2) is 31.5 Å². The number of benzene rings is 1. The van der Waals surface area contributed by atoms with Gasteiger partial charge in [-0.1, -0.05) is 25.0 Å². The van der Waals surface area contributed by atoms with Crippen LogP contribution in [0.4, 0.5) is 0 Å². The van der Waals surface area contributed by atoms with Crippen LogP contribution in [0.15, 0.2) is 24.3 Å². The van der Waals surface area contributed by atoms with Crippen LogP contribution >= 0.6 is 0 Å². The van der Waals surface area contributed by atoms with Crippen LogP contribution in [0.3, 0.4) is 0 Å². The normalized spacial score (nSPS) is 15.8. The van der Waals surface area contributed by atoms with Crippen molar-refractivity contribution >= 4 is 11.8 Å². The van der Waals surface area contributed by atoms with Crippen molar-refractivity contribution in [1.29, 1.82) is 0 Å². The standard InChI is InChI=1S/C19H28N2O3/c1-14(7-8-15-9-11-17(24-2)12-10-15)21-18(22)13-20-19(23)16-5-3-4-6-16/h9-12,14,16H,3-8,13H2,1-2H3,(H,20,23)(H,21,22)/t14-/m0/s1. The van der Waals surface area contributed by atoms with Crippen molar-refractivity contribution in [1.82, 2.24) is 10.6 Å². The van der Waals surface area contributed by atoms with Crippen molar-refractivity contribution in [3.8, 4) is 5.75 Å². The molecule has 24 heavy (non-hydrogen) atoms. The van der Waals surface area contributed by atoms with E-state index in [1.165, 1.54) is 5.56 Å². The largest absolute Gasteiger partial charge is 0.497 e. The lowest BCUT2D eigenvalue weighted by Gasteiger charge is -2.15. The summed E-state index contributed by atoms with van der Waals surface area (Å²) in [5.41, 5.74) is 1.21. The van der Waals surface area contributed by atoms with Crippen LogP contribution < -0.4 is 15.4 Å². The summed E-state index contributed by atoms with van der Waals surface area (Å²) in [7, 11) is 1.65. The fraction of sp³-hybridized carbons (Fsp3) is 0.579. The number of nitrogens with one attached hydrogen (secondary N) is 2. The highest BCUT2D eigenvalue weighted by Crippen LogP contribution is 2.24. The highest BCUT2D eigenvalue weighted by Gasteiger charge is 2.22. The zero-order valence-corrected chi connectivity index (χ0v) is 14.6. The second kappa shape index (κ2) is 9.30. The van der Waals surface area contributed by atoms with E-state index >= 15 is 0 Å². The molecule has 0 spiro atoms. The van der Waals surface area contributed by atoms with Crippen molar-refractivity contribution in [2.24, 2.45) is 5.92 Å². The Labute approximate surface area is 144 Å². The number of carbonyl (C=O) groups is 2. The topological polar surface area (TPSA) is 67.4 Å². The number of ether oxygens (including phenoxy) is 1. The molecule has 0 saturated heterocycles. The number of carbonyl (C=O) groups excluding carboxylic acids is 2. The molecule has 1 atom stereocenters. The first kappa shape index (κ1) is 18.3. The van der Waals surface area contributed by atoms with E-state index in [0.29, 0.717) is 0 Å². The van der Waals surface area contributed by atoms with Crippen molar-refractivity contribution < 1.29 is 14.3 Å². The van der Waals surface area contributed by atoms with Gasteiger partial charge in [-0.05, 0) is 50.3 Å². The number of rotatable bonds is 8. The molecule has 0 bridgehead atoms. The Kier molecular flexibility index (Phi) is 7.09. The Bertz CT molecular complexity index is 536. The van der Waals surface area contributed by atoms with E-state index in [1.807, 2.05) is 31.2 Å². The van der Waals surface area contributed by atoms with E-state index in [0.717, 1.165) is 44.3 Å². The number of aryl methyl sites for hydroxylation is 1.